The number of ether oxygens (including phenoxy) is 1. The molecule has 0 unspecified atom stereocenters. The average molecular weight is 302 g/mol. The lowest BCUT2D eigenvalue weighted by molar-refractivity contribution is 0.415. The Kier molecular flexibility index (Phi) is 2.84. The van der Waals surface area contributed by atoms with Crippen LogP contribution >= 0.6 is 15.9 Å². The standard InChI is InChI=1S/C15H12BrNO/c1-18-13-7-4-11-8-14(17-15(11)9-13)10-2-5-12(16)6-3-10/h2-9,17H,1H3. The van der Waals surface area contributed by atoms with Gasteiger partial charge in [-0.15, -0.1) is 0 Å². The molecule has 2 nitrogen and oxygen atoms in total. The van der Waals surface area contributed by atoms with Crippen LogP contribution < -0.4 is 4.74 Å². The molecule has 3 aromatic rings. The molecule has 0 aliphatic heterocycles. The number of hydrogen-bond donors (Lipinski definition) is 1. The molecule has 1 N–H and O–H groups in total. The van der Waals surface area contributed by atoms with E-state index in [9.17, 15) is 0 Å². The maximum Gasteiger partial charge on any atom is 0.120 e. The third-order valence-corrected chi connectivity index (χ3v) is 3.51. The van der Waals surface area contributed by atoms with Crippen LogP contribution in [0, 0.1) is 0 Å². The molecule has 1 heterocycles. The Bertz CT molecular complexity index is 685. The van der Waals surface area contributed by atoms with E-state index < -0.39 is 0 Å². The molecule has 0 spiro atoms. The van der Waals surface area contributed by atoms with Crippen LogP contribution in [0.2, 0.25) is 0 Å². The van der Waals surface area contributed by atoms with Gasteiger partial charge < -0.3 is 9.72 Å². The van der Waals surface area contributed by atoms with Gasteiger partial charge in [0.25, 0.3) is 0 Å². The summed E-state index contributed by atoms with van der Waals surface area (Å²) in [7, 11) is 1.68. The topological polar surface area (TPSA) is 25.0 Å². The lowest BCUT2D eigenvalue weighted by atomic mass is 10.1. The Morgan fingerprint density at radius 3 is 2.50 bits per heavy atom. The lowest BCUT2D eigenvalue weighted by Gasteiger charge is -1.98. The van der Waals surface area contributed by atoms with Gasteiger partial charge in [0, 0.05) is 27.1 Å². The zero-order valence-corrected chi connectivity index (χ0v) is 11.5. The normalized spacial score (nSPS) is 10.8. The van der Waals surface area contributed by atoms with Crippen LogP contribution in [0.25, 0.3) is 22.2 Å². The Morgan fingerprint density at radius 2 is 1.78 bits per heavy atom. The first-order chi connectivity index (χ1) is 8.76. The maximum atomic E-state index is 5.23. The van der Waals surface area contributed by atoms with E-state index in [1.807, 2.05) is 24.3 Å². The molecule has 0 radical (unpaired) electrons. The molecule has 0 fully saturated rings. The molecule has 3 rings (SSSR count). The van der Waals surface area contributed by atoms with Gasteiger partial charge in [-0.25, -0.2) is 0 Å². The van der Waals surface area contributed by atoms with Crippen molar-refractivity contribution in [2.75, 3.05) is 7.11 Å². The lowest BCUT2D eigenvalue weighted by Crippen LogP contribution is -1.81. The first-order valence-electron chi connectivity index (χ1n) is 5.69. The summed E-state index contributed by atoms with van der Waals surface area (Å²) in [6, 6.07) is 16.5. The van der Waals surface area contributed by atoms with E-state index in [-0.39, 0.29) is 0 Å². The van der Waals surface area contributed by atoms with Gasteiger partial charge in [0.15, 0.2) is 0 Å². The summed E-state index contributed by atoms with van der Waals surface area (Å²) in [5, 5.41) is 1.19. The van der Waals surface area contributed by atoms with E-state index in [0.29, 0.717) is 0 Å². The van der Waals surface area contributed by atoms with Crippen LogP contribution in [0.1, 0.15) is 0 Å². The molecule has 0 saturated heterocycles. The summed E-state index contributed by atoms with van der Waals surface area (Å²) in [5.41, 5.74) is 3.38. The number of halogens is 1. The number of nitrogens with one attached hydrogen (secondary N) is 1. The van der Waals surface area contributed by atoms with Crippen LogP contribution in [0.5, 0.6) is 5.75 Å². The van der Waals surface area contributed by atoms with E-state index in [1.165, 1.54) is 10.9 Å². The van der Waals surface area contributed by atoms with Crippen LogP contribution in [0.3, 0.4) is 0 Å². The molecule has 0 amide bonds. The van der Waals surface area contributed by atoms with E-state index in [4.69, 9.17) is 4.74 Å². The molecule has 0 aliphatic carbocycles. The predicted octanol–water partition coefficient (Wildman–Crippen LogP) is 4.61. The summed E-state index contributed by atoms with van der Waals surface area (Å²) < 4.78 is 6.31. The molecular formula is C15H12BrNO. The number of fused-ring (bicyclic) bond motifs is 1. The Labute approximate surface area is 114 Å². The monoisotopic (exact) mass is 301 g/mol. The molecule has 2 aromatic carbocycles. The minimum atomic E-state index is 0.867. The van der Waals surface area contributed by atoms with Gasteiger partial charge in [-0.1, -0.05) is 28.1 Å². The van der Waals surface area contributed by atoms with Gasteiger partial charge in [-0.2, -0.15) is 0 Å². The Morgan fingerprint density at radius 1 is 1.00 bits per heavy atom. The minimum absolute atomic E-state index is 0.867. The SMILES string of the molecule is COc1ccc2cc(-c3ccc(Br)cc3)[nH]c2c1. The smallest absolute Gasteiger partial charge is 0.120 e. The number of hydrogen-bond acceptors (Lipinski definition) is 1. The third kappa shape index (κ3) is 2.02. The van der Waals surface area contributed by atoms with Crippen molar-refractivity contribution in [3.05, 3.63) is 53.0 Å². The Hall–Kier alpha value is -1.74. The highest BCUT2D eigenvalue weighted by molar-refractivity contribution is 9.10. The predicted molar refractivity (Wildman–Crippen MR) is 78.0 cm³/mol. The highest BCUT2D eigenvalue weighted by Gasteiger charge is 2.04. The first kappa shape index (κ1) is 11.4. The van der Waals surface area contributed by atoms with Crippen molar-refractivity contribution < 1.29 is 4.74 Å². The number of aromatic nitrogens is 1. The fourth-order valence-electron chi connectivity index (χ4n) is 2.02. The second-order valence-corrected chi connectivity index (χ2v) is 5.06. The van der Waals surface area contributed by atoms with Gasteiger partial charge in [-0.3, -0.25) is 0 Å². The summed E-state index contributed by atoms with van der Waals surface area (Å²) in [4.78, 5) is 3.41. The molecule has 90 valence electrons. The van der Waals surface area contributed by atoms with E-state index in [0.717, 1.165) is 21.4 Å². The molecule has 0 saturated carbocycles. The van der Waals surface area contributed by atoms with Crippen LogP contribution in [-0.4, -0.2) is 12.1 Å². The van der Waals surface area contributed by atoms with Gasteiger partial charge in [0.2, 0.25) is 0 Å². The summed E-state index contributed by atoms with van der Waals surface area (Å²) in [6.07, 6.45) is 0. The van der Waals surface area contributed by atoms with Crippen molar-refractivity contribution in [2.45, 2.75) is 0 Å². The van der Waals surface area contributed by atoms with E-state index >= 15 is 0 Å². The molecule has 18 heavy (non-hydrogen) atoms. The minimum Gasteiger partial charge on any atom is -0.497 e. The largest absolute Gasteiger partial charge is 0.497 e. The molecule has 0 bridgehead atoms. The number of methoxy groups -OCH3 is 1. The third-order valence-electron chi connectivity index (χ3n) is 2.98. The van der Waals surface area contributed by atoms with E-state index in [2.05, 4.69) is 45.2 Å². The van der Waals surface area contributed by atoms with Crippen molar-refractivity contribution in [2.24, 2.45) is 0 Å². The zero-order chi connectivity index (χ0) is 12.5. The van der Waals surface area contributed by atoms with Crippen molar-refractivity contribution in [1.82, 2.24) is 4.98 Å². The Balaban J connectivity index is 2.10. The average Bonchev–Trinajstić information content (AvgIpc) is 2.82. The summed E-state index contributed by atoms with van der Waals surface area (Å²) in [6.45, 7) is 0. The zero-order valence-electron chi connectivity index (χ0n) is 9.91. The van der Waals surface area contributed by atoms with Crippen LogP contribution in [0.4, 0.5) is 0 Å². The quantitative estimate of drug-likeness (QED) is 0.735. The van der Waals surface area contributed by atoms with E-state index in [1.54, 1.807) is 7.11 Å². The fourth-order valence-corrected chi connectivity index (χ4v) is 2.28. The molecule has 1 aromatic heterocycles. The number of benzene rings is 2. The van der Waals surface area contributed by atoms with Gasteiger partial charge in [-0.05, 0) is 35.9 Å². The van der Waals surface area contributed by atoms with Gasteiger partial charge in [0.1, 0.15) is 5.75 Å². The van der Waals surface area contributed by atoms with Crippen molar-refractivity contribution in [3.63, 3.8) is 0 Å². The van der Waals surface area contributed by atoms with Crippen molar-refractivity contribution >= 4 is 26.8 Å². The number of aromatic amines is 1. The molecule has 0 aliphatic rings. The highest BCUT2D eigenvalue weighted by Crippen LogP contribution is 2.27. The maximum absolute atomic E-state index is 5.23. The number of rotatable bonds is 2. The van der Waals surface area contributed by atoms with Crippen molar-refractivity contribution in [3.8, 4) is 17.0 Å². The summed E-state index contributed by atoms with van der Waals surface area (Å²) in [5.74, 6) is 0.867. The fraction of sp³-hybridized carbons (Fsp3) is 0.0667. The molecular weight excluding hydrogens is 290 g/mol. The number of H-pyrrole nitrogens is 1. The van der Waals surface area contributed by atoms with Gasteiger partial charge >= 0.3 is 0 Å². The molecule has 0 atom stereocenters. The highest BCUT2D eigenvalue weighted by atomic mass is 79.9. The van der Waals surface area contributed by atoms with Crippen molar-refractivity contribution in [1.29, 1.82) is 0 Å². The van der Waals surface area contributed by atoms with Gasteiger partial charge in [0.05, 0.1) is 7.11 Å². The molecule has 3 heteroatoms. The van der Waals surface area contributed by atoms with Crippen LogP contribution in [0.15, 0.2) is 53.0 Å². The second kappa shape index (κ2) is 4.50. The second-order valence-electron chi connectivity index (χ2n) is 4.14. The van der Waals surface area contributed by atoms with Crippen LogP contribution in [-0.2, 0) is 0 Å². The first-order valence-corrected chi connectivity index (χ1v) is 6.48. The summed E-state index contributed by atoms with van der Waals surface area (Å²) >= 11 is 3.44.